The van der Waals surface area contributed by atoms with Gasteiger partial charge in [-0.15, -0.1) is 0 Å². The highest BCUT2D eigenvalue weighted by Gasteiger charge is 2.27. The van der Waals surface area contributed by atoms with Gasteiger partial charge in [-0.2, -0.15) is 0 Å². The minimum absolute atomic E-state index is 0.0265. The molecular weight excluding hydrogens is 230 g/mol. The Labute approximate surface area is 106 Å². The van der Waals surface area contributed by atoms with Crippen LogP contribution in [0.5, 0.6) is 0 Å². The molecule has 98 valence electrons. The van der Waals surface area contributed by atoms with Crippen molar-refractivity contribution in [2.75, 3.05) is 24.6 Å². The molecule has 2 aliphatic rings. The van der Waals surface area contributed by atoms with Crippen molar-refractivity contribution < 1.29 is 5.11 Å². The Kier molecular flexibility index (Phi) is 3.07. The largest absolute Gasteiger partial charge is 0.396 e. The molecule has 0 bridgehead atoms. The molecule has 1 aromatic rings. The fourth-order valence-electron chi connectivity index (χ4n) is 2.68. The molecule has 1 N–H and O–H groups in total. The van der Waals surface area contributed by atoms with Crippen LogP contribution in [0.4, 0.5) is 5.82 Å². The molecule has 0 radical (unpaired) electrons. The van der Waals surface area contributed by atoms with E-state index in [-0.39, 0.29) is 18.1 Å². The lowest BCUT2D eigenvalue weighted by Crippen LogP contribution is -2.41. The molecule has 0 spiro atoms. The summed E-state index contributed by atoms with van der Waals surface area (Å²) in [4.78, 5) is 18.6. The van der Waals surface area contributed by atoms with Crippen LogP contribution in [0.2, 0.25) is 0 Å². The van der Waals surface area contributed by atoms with Gasteiger partial charge >= 0.3 is 0 Å². The zero-order chi connectivity index (χ0) is 12.5. The maximum Gasteiger partial charge on any atom is 0.293 e. The highest BCUT2D eigenvalue weighted by Crippen LogP contribution is 2.33. The van der Waals surface area contributed by atoms with Crippen molar-refractivity contribution in [2.24, 2.45) is 5.92 Å². The third kappa shape index (κ3) is 2.14. The van der Waals surface area contributed by atoms with E-state index in [1.54, 1.807) is 12.4 Å². The number of piperidine rings is 1. The van der Waals surface area contributed by atoms with Crippen LogP contribution in [0.15, 0.2) is 17.2 Å². The molecule has 1 aliphatic heterocycles. The Morgan fingerprint density at radius 1 is 1.39 bits per heavy atom. The number of aromatic nitrogens is 2. The summed E-state index contributed by atoms with van der Waals surface area (Å²) in [6.45, 7) is 1.81. The number of hydrogen-bond acceptors (Lipinski definition) is 4. The second-order valence-corrected chi connectivity index (χ2v) is 5.33. The summed E-state index contributed by atoms with van der Waals surface area (Å²) in [5, 5.41) is 9.25. The Hall–Kier alpha value is -1.36. The molecule has 1 unspecified atom stereocenters. The number of aliphatic hydroxyl groups excluding tert-OH is 1. The van der Waals surface area contributed by atoms with Gasteiger partial charge < -0.3 is 14.6 Å². The van der Waals surface area contributed by atoms with Crippen LogP contribution in [-0.4, -0.2) is 34.4 Å². The first-order chi connectivity index (χ1) is 8.79. The molecule has 3 rings (SSSR count). The average Bonchev–Trinajstić information content (AvgIpc) is 3.23. The van der Waals surface area contributed by atoms with E-state index in [2.05, 4.69) is 4.98 Å². The number of nitrogens with zero attached hydrogens (tertiary/aromatic N) is 3. The topological polar surface area (TPSA) is 58.4 Å². The average molecular weight is 249 g/mol. The molecule has 1 saturated heterocycles. The van der Waals surface area contributed by atoms with Gasteiger partial charge in [0.05, 0.1) is 0 Å². The van der Waals surface area contributed by atoms with Crippen molar-refractivity contribution >= 4 is 5.82 Å². The molecule has 1 saturated carbocycles. The second kappa shape index (κ2) is 4.72. The second-order valence-electron chi connectivity index (χ2n) is 5.33. The monoisotopic (exact) mass is 249 g/mol. The van der Waals surface area contributed by atoms with Crippen LogP contribution in [0.25, 0.3) is 0 Å². The first kappa shape index (κ1) is 11.7. The predicted molar refractivity (Wildman–Crippen MR) is 68.8 cm³/mol. The molecule has 1 aliphatic carbocycles. The van der Waals surface area contributed by atoms with E-state index in [0.717, 1.165) is 38.8 Å². The summed E-state index contributed by atoms with van der Waals surface area (Å²) >= 11 is 0. The fourth-order valence-corrected chi connectivity index (χ4v) is 2.68. The lowest BCUT2D eigenvalue weighted by molar-refractivity contribution is 0.208. The van der Waals surface area contributed by atoms with Crippen LogP contribution in [0, 0.1) is 5.92 Å². The summed E-state index contributed by atoms with van der Waals surface area (Å²) in [6.07, 6.45) is 7.77. The normalized spacial score (nSPS) is 24.3. The van der Waals surface area contributed by atoms with Crippen LogP contribution in [0.3, 0.4) is 0 Å². The Balaban J connectivity index is 1.87. The highest BCUT2D eigenvalue weighted by molar-refractivity contribution is 5.36. The van der Waals surface area contributed by atoms with E-state index in [0.29, 0.717) is 11.9 Å². The van der Waals surface area contributed by atoms with Gasteiger partial charge in [0.15, 0.2) is 5.82 Å². The van der Waals surface area contributed by atoms with E-state index < -0.39 is 0 Å². The summed E-state index contributed by atoms with van der Waals surface area (Å²) in [7, 11) is 0. The van der Waals surface area contributed by atoms with Crippen molar-refractivity contribution in [2.45, 2.75) is 31.7 Å². The van der Waals surface area contributed by atoms with Crippen molar-refractivity contribution in [1.82, 2.24) is 9.55 Å². The third-order valence-electron chi connectivity index (χ3n) is 3.87. The van der Waals surface area contributed by atoms with Crippen LogP contribution < -0.4 is 10.5 Å². The van der Waals surface area contributed by atoms with Gasteiger partial charge in [-0.1, -0.05) is 0 Å². The SMILES string of the molecule is O=c1c(N2CCCC(CO)C2)nccn1C1CC1. The predicted octanol–water partition coefficient (Wildman–Crippen LogP) is 0.787. The van der Waals surface area contributed by atoms with Crippen LogP contribution in [-0.2, 0) is 0 Å². The molecule has 5 nitrogen and oxygen atoms in total. The molecule has 1 atom stereocenters. The standard InChI is InChI=1S/C13H19N3O2/c17-9-10-2-1-6-15(8-10)12-13(18)16(7-5-14-12)11-3-4-11/h5,7,10-11,17H,1-4,6,8-9H2. The van der Waals surface area contributed by atoms with E-state index >= 15 is 0 Å². The first-order valence-electron chi connectivity index (χ1n) is 6.72. The molecule has 1 aromatic heterocycles. The smallest absolute Gasteiger partial charge is 0.293 e. The lowest BCUT2D eigenvalue weighted by atomic mass is 9.99. The first-order valence-corrected chi connectivity index (χ1v) is 6.72. The Bertz CT molecular complexity index is 481. The molecule has 18 heavy (non-hydrogen) atoms. The summed E-state index contributed by atoms with van der Waals surface area (Å²) in [5.74, 6) is 0.831. The summed E-state index contributed by atoms with van der Waals surface area (Å²) in [5.41, 5.74) is 0.0265. The van der Waals surface area contributed by atoms with Gasteiger partial charge in [0.2, 0.25) is 0 Å². The van der Waals surface area contributed by atoms with E-state index in [4.69, 9.17) is 0 Å². The third-order valence-corrected chi connectivity index (χ3v) is 3.87. The number of aliphatic hydroxyl groups is 1. The highest BCUT2D eigenvalue weighted by atomic mass is 16.3. The minimum atomic E-state index is 0.0265. The van der Waals surface area contributed by atoms with Gasteiger partial charge in [-0.25, -0.2) is 4.98 Å². The zero-order valence-electron chi connectivity index (χ0n) is 10.5. The van der Waals surface area contributed by atoms with E-state index in [9.17, 15) is 9.90 Å². The molecular formula is C13H19N3O2. The van der Waals surface area contributed by atoms with Gasteiger partial charge in [-0.05, 0) is 31.6 Å². The fraction of sp³-hybridized carbons (Fsp3) is 0.692. The molecule has 2 heterocycles. The van der Waals surface area contributed by atoms with E-state index in [1.807, 2.05) is 9.47 Å². The summed E-state index contributed by atoms with van der Waals surface area (Å²) in [6, 6.07) is 0.387. The number of hydrogen-bond donors (Lipinski definition) is 1. The maximum atomic E-state index is 12.3. The van der Waals surface area contributed by atoms with Gasteiger partial charge in [0.1, 0.15) is 0 Å². The Morgan fingerprint density at radius 2 is 2.22 bits per heavy atom. The molecule has 0 amide bonds. The maximum absolute atomic E-state index is 12.3. The number of anilines is 1. The van der Waals surface area contributed by atoms with Gasteiger partial charge in [0, 0.05) is 38.1 Å². The molecule has 0 aromatic carbocycles. The number of rotatable bonds is 3. The van der Waals surface area contributed by atoms with Crippen molar-refractivity contribution in [3.8, 4) is 0 Å². The van der Waals surface area contributed by atoms with Crippen molar-refractivity contribution in [1.29, 1.82) is 0 Å². The zero-order valence-corrected chi connectivity index (χ0v) is 10.5. The molecule has 5 heteroatoms. The minimum Gasteiger partial charge on any atom is -0.396 e. The van der Waals surface area contributed by atoms with Gasteiger partial charge in [-0.3, -0.25) is 4.79 Å². The van der Waals surface area contributed by atoms with Crippen molar-refractivity contribution in [3.05, 3.63) is 22.7 Å². The van der Waals surface area contributed by atoms with Crippen LogP contribution in [0.1, 0.15) is 31.7 Å². The molecule has 2 fully saturated rings. The van der Waals surface area contributed by atoms with E-state index in [1.165, 1.54) is 0 Å². The quantitative estimate of drug-likeness (QED) is 0.860. The Morgan fingerprint density at radius 3 is 2.94 bits per heavy atom. The van der Waals surface area contributed by atoms with Gasteiger partial charge in [0.25, 0.3) is 5.56 Å². The summed E-state index contributed by atoms with van der Waals surface area (Å²) < 4.78 is 1.81. The van der Waals surface area contributed by atoms with Crippen LogP contribution >= 0.6 is 0 Å². The van der Waals surface area contributed by atoms with Crippen molar-refractivity contribution in [3.63, 3.8) is 0 Å². The lowest BCUT2D eigenvalue weighted by Gasteiger charge is -2.32.